The van der Waals surface area contributed by atoms with Gasteiger partial charge in [-0.15, -0.1) is 0 Å². The number of hydrogen-bond donors (Lipinski definition) is 0. The van der Waals surface area contributed by atoms with Crippen LogP contribution >= 0.6 is 39.3 Å². The van der Waals surface area contributed by atoms with E-state index in [9.17, 15) is 9.59 Å². The van der Waals surface area contributed by atoms with Crippen molar-refractivity contribution >= 4 is 62.2 Å². The zero-order valence-electron chi connectivity index (χ0n) is 13.7. The molecule has 0 aliphatic carbocycles. The Hall–Kier alpha value is -2.28. The maximum atomic E-state index is 12.6. The molecule has 0 unspecified atom stereocenters. The van der Waals surface area contributed by atoms with Crippen LogP contribution in [0.15, 0.2) is 74.5 Å². The number of amides is 2. The van der Waals surface area contributed by atoms with Crippen molar-refractivity contribution in [1.29, 1.82) is 0 Å². The number of carbonyl (C=O) groups excluding carboxylic acids is 2. The van der Waals surface area contributed by atoms with E-state index < -0.39 is 0 Å². The second-order valence-corrected chi connectivity index (χ2v) is 7.94. The molecule has 0 saturated carbocycles. The molecule has 4 nitrogen and oxygen atoms in total. The molecule has 0 bridgehead atoms. The van der Waals surface area contributed by atoms with Gasteiger partial charge in [0.25, 0.3) is 11.1 Å². The third kappa shape index (κ3) is 3.60. The van der Waals surface area contributed by atoms with Crippen LogP contribution in [0.3, 0.4) is 0 Å². The second kappa shape index (κ2) is 7.38. The van der Waals surface area contributed by atoms with Gasteiger partial charge in [0.2, 0.25) is 0 Å². The Balaban J connectivity index is 1.61. The molecule has 1 saturated heterocycles. The van der Waals surface area contributed by atoms with E-state index in [-0.39, 0.29) is 11.1 Å². The summed E-state index contributed by atoms with van der Waals surface area (Å²) in [5.41, 5.74) is 1.37. The highest BCUT2D eigenvalue weighted by atomic mass is 79.9. The molecule has 2 heterocycles. The minimum atomic E-state index is -0.360. The van der Waals surface area contributed by atoms with Gasteiger partial charge in [0, 0.05) is 16.1 Å². The summed E-state index contributed by atoms with van der Waals surface area (Å²) in [7, 11) is 0. The molecule has 134 valence electrons. The van der Waals surface area contributed by atoms with Crippen molar-refractivity contribution in [2.24, 2.45) is 0 Å². The number of thioether (sulfide) groups is 1. The third-order valence-corrected chi connectivity index (χ3v) is 6.01. The molecule has 1 fully saturated rings. The summed E-state index contributed by atoms with van der Waals surface area (Å²) in [6.07, 6.45) is 1.58. The maximum Gasteiger partial charge on any atom is 0.298 e. The van der Waals surface area contributed by atoms with Gasteiger partial charge in [0.05, 0.1) is 15.6 Å². The van der Waals surface area contributed by atoms with Crippen molar-refractivity contribution in [3.05, 3.63) is 80.8 Å². The van der Waals surface area contributed by atoms with E-state index in [2.05, 4.69) is 15.9 Å². The lowest BCUT2D eigenvalue weighted by Crippen LogP contribution is -2.27. The molecule has 0 radical (unpaired) electrons. The lowest BCUT2D eigenvalue weighted by atomic mass is 10.2. The number of furan rings is 1. The van der Waals surface area contributed by atoms with Gasteiger partial charge in [-0.25, -0.2) is 4.90 Å². The monoisotopic (exact) mass is 459 g/mol. The minimum absolute atomic E-state index is 0.318. The first-order valence-electron chi connectivity index (χ1n) is 7.91. The molecular formula is C20H11BrClNO3S. The van der Waals surface area contributed by atoms with E-state index in [1.54, 1.807) is 48.5 Å². The highest BCUT2D eigenvalue weighted by molar-refractivity contribution is 9.10. The third-order valence-electron chi connectivity index (χ3n) is 3.91. The number of imide groups is 1. The van der Waals surface area contributed by atoms with Crippen LogP contribution in [0.25, 0.3) is 17.4 Å². The van der Waals surface area contributed by atoms with Gasteiger partial charge < -0.3 is 4.42 Å². The molecule has 0 N–H and O–H groups in total. The van der Waals surface area contributed by atoms with Crippen molar-refractivity contribution in [3.63, 3.8) is 0 Å². The maximum absolute atomic E-state index is 12.6. The molecule has 0 spiro atoms. The normalized spacial score (nSPS) is 15.8. The molecule has 27 heavy (non-hydrogen) atoms. The zero-order chi connectivity index (χ0) is 19.0. The van der Waals surface area contributed by atoms with E-state index in [1.165, 1.54) is 0 Å². The SMILES string of the molecule is O=C1S/C(=C\c2ccc(-c3ccc(Br)c(Cl)c3)o2)C(=O)N1c1ccccc1. The molecule has 0 atom stereocenters. The van der Waals surface area contributed by atoms with Gasteiger partial charge in [0.1, 0.15) is 11.5 Å². The summed E-state index contributed by atoms with van der Waals surface area (Å²) < 4.78 is 6.61. The average molecular weight is 461 g/mol. The number of para-hydroxylation sites is 1. The molecule has 3 aromatic rings. The Labute approximate surface area is 172 Å². The predicted molar refractivity (Wildman–Crippen MR) is 112 cm³/mol. The molecule has 1 aromatic heterocycles. The number of carbonyl (C=O) groups is 2. The Morgan fingerprint density at radius 1 is 1.04 bits per heavy atom. The second-order valence-electron chi connectivity index (χ2n) is 5.68. The van der Waals surface area contributed by atoms with E-state index in [0.29, 0.717) is 27.1 Å². The quantitative estimate of drug-likeness (QED) is 0.413. The van der Waals surface area contributed by atoms with Gasteiger partial charge in [-0.3, -0.25) is 9.59 Å². The smallest absolute Gasteiger partial charge is 0.298 e. The Bertz CT molecular complexity index is 1080. The lowest BCUT2D eigenvalue weighted by molar-refractivity contribution is -0.113. The Morgan fingerprint density at radius 2 is 1.81 bits per heavy atom. The van der Waals surface area contributed by atoms with Crippen LogP contribution in [-0.4, -0.2) is 11.1 Å². The van der Waals surface area contributed by atoms with Crippen LogP contribution in [0.4, 0.5) is 10.5 Å². The number of nitrogens with zero attached hydrogens (tertiary/aromatic N) is 1. The summed E-state index contributed by atoms with van der Waals surface area (Å²) in [6.45, 7) is 0. The van der Waals surface area contributed by atoms with E-state index >= 15 is 0 Å². The Morgan fingerprint density at radius 3 is 2.56 bits per heavy atom. The van der Waals surface area contributed by atoms with Gasteiger partial charge >= 0.3 is 0 Å². The minimum Gasteiger partial charge on any atom is -0.457 e. The zero-order valence-corrected chi connectivity index (χ0v) is 16.8. The largest absolute Gasteiger partial charge is 0.457 e. The van der Waals surface area contributed by atoms with Crippen molar-refractivity contribution in [2.45, 2.75) is 0 Å². The van der Waals surface area contributed by atoms with Gasteiger partial charge in [-0.1, -0.05) is 35.9 Å². The van der Waals surface area contributed by atoms with Gasteiger partial charge in [0.15, 0.2) is 0 Å². The Kier molecular flexibility index (Phi) is 4.95. The van der Waals surface area contributed by atoms with Gasteiger partial charge in [-0.05, 0) is 64.1 Å². The molecule has 2 aromatic carbocycles. The fourth-order valence-corrected chi connectivity index (χ4v) is 3.88. The fraction of sp³-hybridized carbons (Fsp3) is 0. The summed E-state index contributed by atoms with van der Waals surface area (Å²) in [5.74, 6) is 0.751. The van der Waals surface area contributed by atoms with E-state index in [0.717, 1.165) is 26.7 Å². The molecule has 4 rings (SSSR count). The first-order valence-corrected chi connectivity index (χ1v) is 9.90. The first-order chi connectivity index (χ1) is 13.0. The highest BCUT2D eigenvalue weighted by Crippen LogP contribution is 2.36. The fourth-order valence-electron chi connectivity index (χ4n) is 2.63. The highest BCUT2D eigenvalue weighted by Gasteiger charge is 2.36. The number of anilines is 1. The van der Waals surface area contributed by atoms with Crippen LogP contribution in [0.2, 0.25) is 5.02 Å². The summed E-state index contributed by atoms with van der Waals surface area (Å²) in [6, 6.07) is 17.9. The topological polar surface area (TPSA) is 50.5 Å². The summed E-state index contributed by atoms with van der Waals surface area (Å²) in [4.78, 5) is 26.4. The first kappa shape index (κ1) is 18.1. The van der Waals surface area contributed by atoms with Crippen LogP contribution in [-0.2, 0) is 4.79 Å². The molecule has 7 heteroatoms. The standard InChI is InChI=1S/C20H11BrClNO3S/c21-15-8-6-12(10-16(15)22)17-9-7-14(26-17)11-18-19(24)23(20(25)27-18)13-4-2-1-3-5-13/h1-11H/b18-11-. The average Bonchev–Trinajstić information content (AvgIpc) is 3.23. The van der Waals surface area contributed by atoms with Gasteiger partial charge in [-0.2, -0.15) is 0 Å². The van der Waals surface area contributed by atoms with Crippen LogP contribution < -0.4 is 4.90 Å². The number of benzene rings is 2. The lowest BCUT2D eigenvalue weighted by Gasteiger charge is -2.11. The van der Waals surface area contributed by atoms with Crippen LogP contribution in [0.5, 0.6) is 0 Å². The number of hydrogen-bond acceptors (Lipinski definition) is 4. The predicted octanol–water partition coefficient (Wildman–Crippen LogP) is 6.60. The van der Waals surface area contributed by atoms with Crippen LogP contribution in [0.1, 0.15) is 5.76 Å². The van der Waals surface area contributed by atoms with Crippen LogP contribution in [0, 0.1) is 0 Å². The molecule has 1 aliphatic heterocycles. The number of rotatable bonds is 3. The molecule has 2 amide bonds. The van der Waals surface area contributed by atoms with E-state index in [1.807, 2.05) is 18.2 Å². The van der Waals surface area contributed by atoms with Crippen molar-refractivity contribution in [3.8, 4) is 11.3 Å². The molecule has 1 aliphatic rings. The van der Waals surface area contributed by atoms with Crippen molar-refractivity contribution in [1.82, 2.24) is 0 Å². The summed E-state index contributed by atoms with van der Waals surface area (Å²) in [5, 5.41) is 0.248. The summed E-state index contributed by atoms with van der Waals surface area (Å²) >= 11 is 10.4. The molecular weight excluding hydrogens is 450 g/mol. The van der Waals surface area contributed by atoms with E-state index in [4.69, 9.17) is 16.0 Å². The number of halogens is 2. The van der Waals surface area contributed by atoms with Crippen molar-refractivity contribution in [2.75, 3.05) is 4.90 Å². The van der Waals surface area contributed by atoms with Crippen molar-refractivity contribution < 1.29 is 14.0 Å².